The predicted octanol–water partition coefficient (Wildman–Crippen LogP) is 8.28. The summed E-state index contributed by atoms with van der Waals surface area (Å²) in [4.78, 5) is 14.0. The van der Waals surface area contributed by atoms with Gasteiger partial charge in [-0.05, 0) is 79.3 Å². The molecule has 1 aliphatic heterocycles. The van der Waals surface area contributed by atoms with Crippen molar-refractivity contribution in [3.8, 4) is 22.4 Å². The lowest BCUT2D eigenvalue weighted by Gasteiger charge is -2.11. The summed E-state index contributed by atoms with van der Waals surface area (Å²) < 4.78 is 4.44. The third kappa shape index (κ3) is 4.01. The van der Waals surface area contributed by atoms with Crippen molar-refractivity contribution in [1.29, 1.82) is 0 Å². The average molecular weight is 514 g/mol. The first-order valence-corrected chi connectivity index (χ1v) is 12.9. The van der Waals surface area contributed by atoms with Gasteiger partial charge in [-0.1, -0.05) is 59.6 Å². The monoisotopic (exact) mass is 513 g/mol. The van der Waals surface area contributed by atoms with Crippen LogP contribution >= 0.6 is 23.2 Å². The zero-order chi connectivity index (χ0) is 24.8. The molecular formula is C30H25Cl2N3O. The maximum absolute atomic E-state index is 14.0. The first-order valence-electron chi connectivity index (χ1n) is 12.2. The molecule has 1 amide bonds. The number of benzene rings is 3. The van der Waals surface area contributed by atoms with Gasteiger partial charge in [-0.15, -0.1) is 0 Å². The zero-order valence-electron chi connectivity index (χ0n) is 19.9. The van der Waals surface area contributed by atoms with Gasteiger partial charge in [-0.25, -0.2) is 0 Å². The van der Waals surface area contributed by atoms with E-state index < -0.39 is 0 Å². The third-order valence-electron chi connectivity index (χ3n) is 6.90. The Morgan fingerprint density at radius 2 is 1.58 bits per heavy atom. The fourth-order valence-corrected chi connectivity index (χ4v) is 5.55. The lowest BCUT2D eigenvalue weighted by Crippen LogP contribution is -2.15. The molecule has 0 saturated heterocycles. The molecular weight excluding hydrogens is 489 g/mol. The van der Waals surface area contributed by atoms with E-state index in [1.165, 1.54) is 5.56 Å². The quantitative estimate of drug-likeness (QED) is 0.258. The Hall–Kier alpha value is -3.47. The Kier molecular flexibility index (Phi) is 5.87. The summed E-state index contributed by atoms with van der Waals surface area (Å²) >= 11 is 12.4. The van der Waals surface area contributed by atoms with E-state index in [0.29, 0.717) is 15.7 Å². The molecule has 0 bridgehead atoms. The zero-order valence-corrected chi connectivity index (χ0v) is 21.4. The normalized spacial score (nSPS) is 13.1. The number of nitrogens with one attached hydrogen (secondary N) is 1. The minimum atomic E-state index is -0.132. The minimum absolute atomic E-state index is 0.132. The molecule has 6 heteroatoms. The van der Waals surface area contributed by atoms with Gasteiger partial charge in [0.05, 0.1) is 5.69 Å². The fourth-order valence-electron chi connectivity index (χ4n) is 5.30. The lowest BCUT2D eigenvalue weighted by atomic mass is 9.97. The second kappa shape index (κ2) is 9.20. The standard InChI is InChI=1S/C30H25Cl2N3O/c1-19-5-4-6-24(17-19)33-29(36)28-27(21-10-14-23(32)15-11-21)25-7-2-3-16-34-26(18-35(28)30(25)34)20-8-12-22(31)13-9-20/h4-6,8-15,17-18H,2-3,7,16H2,1H3,(H,33,36). The Bertz CT molecular complexity index is 1590. The number of amides is 1. The van der Waals surface area contributed by atoms with Gasteiger partial charge in [-0.3, -0.25) is 9.20 Å². The van der Waals surface area contributed by atoms with Crippen molar-refractivity contribution in [2.45, 2.75) is 32.7 Å². The van der Waals surface area contributed by atoms with Crippen LogP contribution in [0, 0.1) is 6.92 Å². The van der Waals surface area contributed by atoms with Crippen molar-refractivity contribution < 1.29 is 4.79 Å². The van der Waals surface area contributed by atoms with Gasteiger partial charge < -0.3 is 9.88 Å². The van der Waals surface area contributed by atoms with Crippen molar-refractivity contribution >= 4 is 40.4 Å². The highest BCUT2D eigenvalue weighted by molar-refractivity contribution is 6.31. The summed E-state index contributed by atoms with van der Waals surface area (Å²) in [7, 11) is 0. The van der Waals surface area contributed by atoms with E-state index in [2.05, 4.69) is 20.5 Å². The van der Waals surface area contributed by atoms with E-state index >= 15 is 0 Å². The molecule has 0 atom stereocenters. The van der Waals surface area contributed by atoms with Crippen LogP contribution in [0.5, 0.6) is 0 Å². The average Bonchev–Trinajstić information content (AvgIpc) is 3.28. The molecule has 36 heavy (non-hydrogen) atoms. The number of aromatic nitrogens is 2. The largest absolute Gasteiger partial charge is 0.325 e. The van der Waals surface area contributed by atoms with Gasteiger partial charge in [0.1, 0.15) is 11.3 Å². The molecule has 3 aromatic carbocycles. The highest BCUT2D eigenvalue weighted by Gasteiger charge is 2.29. The molecule has 0 radical (unpaired) electrons. The Morgan fingerprint density at radius 1 is 0.889 bits per heavy atom. The SMILES string of the molecule is Cc1cccc(NC(=O)c2c(-c3ccc(Cl)cc3)c3c4n(c(-c5ccc(Cl)cc5)cn24)CCCC3)c1. The van der Waals surface area contributed by atoms with Crippen LogP contribution in [0.3, 0.4) is 0 Å². The molecule has 2 aromatic heterocycles. The number of carbonyl (C=O) groups excluding carboxylic acids is 1. The van der Waals surface area contributed by atoms with Crippen LogP contribution in [0.2, 0.25) is 10.0 Å². The maximum Gasteiger partial charge on any atom is 0.273 e. The summed E-state index contributed by atoms with van der Waals surface area (Å²) in [6.45, 7) is 2.91. The highest BCUT2D eigenvalue weighted by atomic mass is 35.5. The summed E-state index contributed by atoms with van der Waals surface area (Å²) in [5.74, 6) is -0.132. The van der Waals surface area contributed by atoms with Crippen LogP contribution < -0.4 is 5.32 Å². The molecule has 0 saturated carbocycles. The molecule has 0 fully saturated rings. The smallest absolute Gasteiger partial charge is 0.273 e. The molecule has 4 nitrogen and oxygen atoms in total. The second-order valence-corrected chi connectivity index (χ2v) is 10.2. The van der Waals surface area contributed by atoms with E-state index in [-0.39, 0.29) is 5.91 Å². The van der Waals surface area contributed by atoms with E-state index in [4.69, 9.17) is 23.2 Å². The van der Waals surface area contributed by atoms with Crippen molar-refractivity contribution in [2.24, 2.45) is 0 Å². The molecule has 3 heterocycles. The molecule has 1 N–H and O–H groups in total. The number of aryl methyl sites for hydroxylation is 3. The number of rotatable bonds is 4. The number of anilines is 1. The number of halogens is 2. The van der Waals surface area contributed by atoms with Crippen LogP contribution in [0.15, 0.2) is 79.0 Å². The Labute approximate surface area is 220 Å². The van der Waals surface area contributed by atoms with Crippen molar-refractivity contribution in [1.82, 2.24) is 8.97 Å². The van der Waals surface area contributed by atoms with Crippen molar-refractivity contribution in [3.63, 3.8) is 0 Å². The number of imidazole rings is 1. The van der Waals surface area contributed by atoms with Gasteiger partial charge in [0, 0.05) is 39.6 Å². The molecule has 6 rings (SSSR count). The van der Waals surface area contributed by atoms with E-state index in [0.717, 1.165) is 65.1 Å². The molecule has 0 unspecified atom stereocenters. The highest BCUT2D eigenvalue weighted by Crippen LogP contribution is 2.40. The van der Waals surface area contributed by atoms with E-state index in [9.17, 15) is 4.79 Å². The number of hydrogen-bond acceptors (Lipinski definition) is 1. The fraction of sp³-hybridized carbons (Fsp3) is 0.167. The summed E-state index contributed by atoms with van der Waals surface area (Å²) in [5.41, 5.74) is 8.92. The van der Waals surface area contributed by atoms with Crippen LogP contribution in [0.25, 0.3) is 28.0 Å². The van der Waals surface area contributed by atoms with Crippen LogP contribution in [-0.2, 0) is 13.0 Å². The van der Waals surface area contributed by atoms with Crippen molar-refractivity contribution in [3.05, 3.63) is 106 Å². The first kappa shape index (κ1) is 23.0. The Morgan fingerprint density at radius 3 is 2.28 bits per heavy atom. The van der Waals surface area contributed by atoms with Gasteiger partial charge in [0.15, 0.2) is 0 Å². The van der Waals surface area contributed by atoms with Crippen LogP contribution in [-0.4, -0.2) is 14.9 Å². The topological polar surface area (TPSA) is 38.4 Å². The third-order valence-corrected chi connectivity index (χ3v) is 7.40. The predicted molar refractivity (Wildman–Crippen MR) is 148 cm³/mol. The van der Waals surface area contributed by atoms with E-state index in [1.807, 2.05) is 79.7 Å². The van der Waals surface area contributed by atoms with Gasteiger partial charge >= 0.3 is 0 Å². The molecule has 0 aliphatic carbocycles. The second-order valence-electron chi connectivity index (χ2n) is 9.36. The minimum Gasteiger partial charge on any atom is -0.325 e. The molecule has 180 valence electrons. The summed E-state index contributed by atoms with van der Waals surface area (Å²) in [6, 6.07) is 23.6. The molecule has 5 aromatic rings. The maximum atomic E-state index is 14.0. The number of hydrogen-bond donors (Lipinski definition) is 1. The lowest BCUT2D eigenvalue weighted by molar-refractivity contribution is 0.102. The number of carbonyl (C=O) groups is 1. The molecule has 0 spiro atoms. The van der Waals surface area contributed by atoms with Gasteiger partial charge in [-0.2, -0.15) is 0 Å². The Balaban J connectivity index is 1.61. The number of nitrogens with zero attached hydrogens (tertiary/aromatic N) is 2. The summed E-state index contributed by atoms with van der Waals surface area (Å²) in [5, 5.41) is 4.53. The molecule has 1 aliphatic rings. The van der Waals surface area contributed by atoms with Crippen molar-refractivity contribution in [2.75, 3.05) is 5.32 Å². The van der Waals surface area contributed by atoms with E-state index in [1.54, 1.807) is 0 Å². The first-order chi connectivity index (χ1) is 17.5. The van der Waals surface area contributed by atoms with Gasteiger partial charge in [0.25, 0.3) is 5.91 Å². The summed E-state index contributed by atoms with van der Waals surface area (Å²) in [6.07, 6.45) is 5.13. The van der Waals surface area contributed by atoms with Crippen LogP contribution in [0.4, 0.5) is 5.69 Å². The van der Waals surface area contributed by atoms with Gasteiger partial charge in [0.2, 0.25) is 0 Å². The van der Waals surface area contributed by atoms with Crippen LogP contribution in [0.1, 0.15) is 34.5 Å².